The molecule has 10 heteroatoms. The number of anilines is 1. The van der Waals surface area contributed by atoms with Gasteiger partial charge in [0.05, 0.1) is 6.54 Å². The Morgan fingerprint density at radius 3 is 2.45 bits per heavy atom. The van der Waals surface area contributed by atoms with E-state index in [-0.39, 0.29) is 35.5 Å². The van der Waals surface area contributed by atoms with Gasteiger partial charge < -0.3 is 20.7 Å². The summed E-state index contributed by atoms with van der Waals surface area (Å²) in [5.74, 6) is 4.42. The van der Waals surface area contributed by atoms with E-state index in [9.17, 15) is 9.59 Å². The van der Waals surface area contributed by atoms with Crippen LogP contribution in [0, 0.1) is 0 Å². The minimum Gasteiger partial charge on any atom is -0.370 e. The molecule has 7 nitrogen and oxygen atoms in total. The largest absolute Gasteiger partial charge is 0.370 e. The molecule has 0 aliphatic rings. The van der Waals surface area contributed by atoms with Gasteiger partial charge in [-0.05, 0) is 48.9 Å². The zero-order chi connectivity index (χ0) is 20.2. The maximum atomic E-state index is 12.1. The topological polar surface area (TPSA) is 105 Å². The number of nitrogens with one attached hydrogen (secondary N) is 3. The average molecular weight is 463 g/mol. The zero-order valence-corrected chi connectivity index (χ0v) is 17.7. The Labute approximate surface area is 186 Å². The Kier molecular flexibility index (Phi) is 12.2. The van der Waals surface area contributed by atoms with Crippen molar-refractivity contribution in [2.75, 3.05) is 18.1 Å². The summed E-state index contributed by atoms with van der Waals surface area (Å²) in [7, 11) is 1.37. The first-order chi connectivity index (χ1) is 13.6. The van der Waals surface area contributed by atoms with E-state index in [4.69, 9.17) is 5.90 Å². The number of hydrogen-bond acceptors (Lipinski definition) is 5. The number of rotatable bonds is 10. The van der Waals surface area contributed by atoms with Gasteiger partial charge in [0.2, 0.25) is 5.91 Å². The molecule has 0 aliphatic carbocycles. The number of hydrogen-bond donors (Lipinski definition) is 4. The van der Waals surface area contributed by atoms with Crippen molar-refractivity contribution >= 4 is 36.9 Å². The summed E-state index contributed by atoms with van der Waals surface area (Å²) in [5.41, 5.74) is 1.80. The smallest absolute Gasteiger partial charge is 0.348 e. The predicted octanol–water partition coefficient (Wildman–Crippen LogP) is 2.11. The molecule has 2 aromatic rings. The van der Waals surface area contributed by atoms with Crippen LogP contribution >= 0.6 is 11.8 Å². The third-order valence-electron chi connectivity index (χ3n) is 3.93. The van der Waals surface area contributed by atoms with Gasteiger partial charge in [-0.25, -0.2) is 10.7 Å². The third-order valence-corrected chi connectivity index (χ3v) is 4.68. The normalized spacial score (nSPS) is 11.0. The fourth-order valence-electron chi connectivity index (χ4n) is 2.50. The van der Waals surface area contributed by atoms with Gasteiger partial charge in [0.25, 0.3) is 0 Å². The van der Waals surface area contributed by atoms with Crippen molar-refractivity contribution < 1.29 is 31.4 Å². The van der Waals surface area contributed by atoms with Gasteiger partial charge in [0.1, 0.15) is 0 Å². The maximum absolute atomic E-state index is 12.1. The molecule has 0 aromatic heterocycles. The van der Waals surface area contributed by atoms with Crippen LogP contribution in [0.25, 0.3) is 0 Å². The van der Waals surface area contributed by atoms with E-state index < -0.39 is 6.03 Å². The second-order valence-electron chi connectivity index (χ2n) is 6.01. The summed E-state index contributed by atoms with van der Waals surface area (Å²) in [4.78, 5) is 25.1. The second kappa shape index (κ2) is 14.1. The number of thioether (sulfide) groups is 1. The minimum absolute atomic E-state index is 0. The van der Waals surface area contributed by atoms with Gasteiger partial charge in [-0.3, -0.25) is 4.79 Å². The molecule has 2 radical (unpaired) electrons. The molecule has 29 heavy (non-hydrogen) atoms. The van der Waals surface area contributed by atoms with Crippen molar-refractivity contribution in [1.82, 2.24) is 10.6 Å². The van der Waals surface area contributed by atoms with Crippen LogP contribution in [0.3, 0.4) is 0 Å². The number of carbonyl (C=O) groups is 2. The molecular weight excluding hydrogens is 439 g/mol. The summed E-state index contributed by atoms with van der Waals surface area (Å²) < 4.78 is 4.58. The molecule has 5 N–H and O–H groups in total. The molecule has 1 atom stereocenters. The van der Waals surface area contributed by atoms with Crippen LogP contribution in [0.15, 0.2) is 59.5 Å². The van der Waals surface area contributed by atoms with Crippen LogP contribution < -0.4 is 21.8 Å². The van der Waals surface area contributed by atoms with E-state index in [1.54, 1.807) is 23.9 Å². The first-order valence-electron chi connectivity index (χ1n) is 8.81. The SMILES string of the molecule is CSc1ccc(NC(=O)NCC(=O)NC([B]ON)CCc2ccccc2)cc1.[Cu]. The average Bonchev–Trinajstić information content (AvgIpc) is 2.72. The molecule has 0 saturated carbocycles. The Bertz CT molecular complexity index is 753. The predicted molar refractivity (Wildman–Crippen MR) is 113 cm³/mol. The van der Waals surface area contributed by atoms with E-state index >= 15 is 0 Å². The van der Waals surface area contributed by atoms with Gasteiger partial charge in [0, 0.05) is 33.6 Å². The van der Waals surface area contributed by atoms with Crippen LogP contribution in [0.2, 0.25) is 0 Å². The van der Waals surface area contributed by atoms with Crippen LogP contribution in [-0.2, 0) is 33.0 Å². The van der Waals surface area contributed by atoms with Crippen molar-refractivity contribution in [3.63, 3.8) is 0 Å². The Morgan fingerprint density at radius 1 is 1.14 bits per heavy atom. The molecule has 3 amide bonds. The fourth-order valence-corrected chi connectivity index (χ4v) is 2.91. The summed E-state index contributed by atoms with van der Waals surface area (Å²) in [6.45, 7) is -0.158. The van der Waals surface area contributed by atoms with E-state index in [1.807, 2.05) is 48.7 Å². The molecule has 0 aliphatic heterocycles. The summed E-state index contributed by atoms with van der Waals surface area (Å²) >= 11 is 1.62. The number of aryl methyl sites for hydroxylation is 1. The Balaban J connectivity index is 0.00000420. The maximum Gasteiger partial charge on any atom is 0.348 e. The number of amides is 3. The number of benzene rings is 2. The second-order valence-corrected chi connectivity index (χ2v) is 6.89. The number of nitrogens with two attached hydrogens (primary N) is 1. The molecular formula is C19H24BCuN4O3S. The van der Waals surface area contributed by atoms with E-state index in [0.29, 0.717) is 12.1 Å². The summed E-state index contributed by atoms with van der Waals surface area (Å²) in [5, 5.41) is 7.99. The van der Waals surface area contributed by atoms with Gasteiger partial charge in [0.15, 0.2) is 0 Å². The molecule has 1 unspecified atom stereocenters. The van der Waals surface area contributed by atoms with Crippen molar-refractivity contribution in [1.29, 1.82) is 0 Å². The van der Waals surface area contributed by atoms with Crippen molar-refractivity contribution in [2.45, 2.75) is 23.7 Å². The minimum atomic E-state index is -0.452. The zero-order valence-electron chi connectivity index (χ0n) is 16.0. The van der Waals surface area contributed by atoms with Crippen LogP contribution in [0.5, 0.6) is 0 Å². The number of urea groups is 1. The van der Waals surface area contributed by atoms with Crippen molar-refractivity contribution in [3.8, 4) is 0 Å². The van der Waals surface area contributed by atoms with E-state index in [2.05, 4.69) is 20.7 Å². The van der Waals surface area contributed by atoms with E-state index in [1.165, 1.54) is 7.48 Å². The first-order valence-corrected chi connectivity index (χ1v) is 10.0. The van der Waals surface area contributed by atoms with Crippen LogP contribution in [-0.4, -0.2) is 38.2 Å². The van der Waals surface area contributed by atoms with Crippen LogP contribution in [0.1, 0.15) is 12.0 Å². The number of carbonyl (C=O) groups excluding carboxylic acids is 2. The van der Waals surface area contributed by atoms with Crippen molar-refractivity contribution in [2.24, 2.45) is 5.90 Å². The molecule has 0 spiro atoms. The Morgan fingerprint density at radius 2 is 1.83 bits per heavy atom. The summed E-state index contributed by atoms with van der Waals surface area (Å²) in [6.07, 6.45) is 3.36. The quantitative estimate of drug-likeness (QED) is 0.246. The van der Waals surface area contributed by atoms with Gasteiger partial charge in [-0.1, -0.05) is 30.3 Å². The van der Waals surface area contributed by atoms with Gasteiger partial charge >= 0.3 is 13.5 Å². The summed E-state index contributed by atoms with van der Waals surface area (Å²) in [6, 6.07) is 16.9. The van der Waals surface area contributed by atoms with Gasteiger partial charge in [-0.2, -0.15) is 0 Å². The molecule has 2 aromatic carbocycles. The third kappa shape index (κ3) is 9.87. The Hall–Kier alpha value is -1.97. The standard InChI is InChI=1S/C19H24BN4O3S.Cu/c1-28-16-10-8-15(9-11-16)23-19(26)22-13-18(25)24-17(20-27-21)12-7-14-5-3-2-4-6-14;/h2-6,8-11,17H,7,12-13,21H2,1H3,(H,24,25)(H2,22,23,26);. The first kappa shape index (κ1) is 25.1. The molecule has 0 heterocycles. The van der Waals surface area contributed by atoms with Gasteiger partial charge in [-0.15, -0.1) is 11.8 Å². The molecule has 0 saturated heterocycles. The monoisotopic (exact) mass is 462 g/mol. The van der Waals surface area contributed by atoms with Crippen molar-refractivity contribution in [3.05, 3.63) is 60.2 Å². The molecule has 2 rings (SSSR count). The fraction of sp³-hybridized carbons (Fsp3) is 0.263. The molecule has 0 bridgehead atoms. The van der Waals surface area contributed by atoms with E-state index in [0.717, 1.165) is 16.9 Å². The van der Waals surface area contributed by atoms with Crippen LogP contribution in [0.4, 0.5) is 10.5 Å². The molecule has 158 valence electrons. The molecule has 0 fully saturated rings.